The Morgan fingerprint density at radius 2 is 1.69 bits per heavy atom. The lowest BCUT2D eigenvalue weighted by molar-refractivity contribution is 0.0391. The molecule has 0 spiro atoms. The van der Waals surface area contributed by atoms with Crippen LogP contribution in [0.25, 0.3) is 5.69 Å². The van der Waals surface area contributed by atoms with Crippen LogP contribution in [0, 0.1) is 19.8 Å². The molecule has 0 bridgehead atoms. The molecule has 11 heteroatoms. The third-order valence-electron chi connectivity index (χ3n) is 8.43. The van der Waals surface area contributed by atoms with Gasteiger partial charge in [0.15, 0.2) is 0 Å². The van der Waals surface area contributed by atoms with Gasteiger partial charge in [-0.25, -0.2) is 13.1 Å². The summed E-state index contributed by atoms with van der Waals surface area (Å²) in [7, 11) is -2.49. The number of rotatable bonds is 9. The fraction of sp³-hybridized carbons (Fsp3) is 0.353. The summed E-state index contributed by atoms with van der Waals surface area (Å²) in [6, 6.07) is 21.4. The maximum atomic E-state index is 14.1. The molecule has 1 aliphatic rings. The minimum atomic E-state index is -4.19. The second-order valence-electron chi connectivity index (χ2n) is 12.2. The Morgan fingerprint density at radius 1 is 1.00 bits per heavy atom. The standard InChI is InChI=1S/C34H40ClN5O4S/c1-23(2)19-29-22-38(21-26-12-14-27(35)15-13-26)17-18-39(29)33(41)31-20-30(16-11-24(31)3)45(43,44)36-32-25(4)37(5)40(34(32)42)28-9-7-6-8-10-28/h6-16,20,23,29,36H,17-19,21-22H2,1-5H3. The van der Waals surface area contributed by atoms with Crippen LogP contribution in [0.1, 0.15) is 47.4 Å². The van der Waals surface area contributed by atoms with E-state index in [1.807, 2.05) is 54.3 Å². The highest BCUT2D eigenvalue weighted by atomic mass is 35.5. The zero-order valence-corrected chi connectivity index (χ0v) is 27.9. The predicted molar refractivity (Wildman–Crippen MR) is 179 cm³/mol. The molecule has 1 N–H and O–H groups in total. The summed E-state index contributed by atoms with van der Waals surface area (Å²) < 4.78 is 32.9. The van der Waals surface area contributed by atoms with Crippen LogP contribution < -0.4 is 10.3 Å². The minimum absolute atomic E-state index is 0.0280. The second kappa shape index (κ2) is 13.2. The summed E-state index contributed by atoms with van der Waals surface area (Å²) in [5.74, 6) is 0.176. The molecule has 1 fully saturated rings. The summed E-state index contributed by atoms with van der Waals surface area (Å²) in [6.45, 7) is 10.5. The third kappa shape index (κ3) is 7.03. The Balaban J connectivity index is 1.40. The molecule has 4 aromatic rings. The number of sulfonamides is 1. The molecule has 1 aliphatic heterocycles. The van der Waals surface area contributed by atoms with E-state index in [1.54, 1.807) is 36.9 Å². The van der Waals surface area contributed by atoms with E-state index < -0.39 is 15.6 Å². The first-order chi connectivity index (χ1) is 21.4. The third-order valence-corrected chi connectivity index (χ3v) is 10.0. The van der Waals surface area contributed by atoms with Gasteiger partial charge in [-0.05, 0) is 73.7 Å². The molecule has 45 heavy (non-hydrogen) atoms. The van der Waals surface area contributed by atoms with Gasteiger partial charge < -0.3 is 4.90 Å². The van der Waals surface area contributed by atoms with Crippen molar-refractivity contribution in [3.8, 4) is 5.69 Å². The number of nitrogens with one attached hydrogen (secondary N) is 1. The number of hydrogen-bond donors (Lipinski definition) is 1. The van der Waals surface area contributed by atoms with Crippen molar-refractivity contribution in [2.75, 3.05) is 24.4 Å². The molecular weight excluding hydrogens is 610 g/mol. The fourth-order valence-corrected chi connectivity index (χ4v) is 7.22. The van der Waals surface area contributed by atoms with Crippen molar-refractivity contribution in [2.24, 2.45) is 13.0 Å². The summed E-state index contributed by atoms with van der Waals surface area (Å²) in [5.41, 5.74) is 2.74. The SMILES string of the molecule is Cc1ccc(S(=O)(=O)Nc2c(C)n(C)n(-c3ccccc3)c2=O)cc1C(=O)N1CCN(Cc2ccc(Cl)cc2)CC1CC(C)C. The number of carbonyl (C=O) groups is 1. The zero-order chi connectivity index (χ0) is 32.5. The Labute approximate surface area is 270 Å². The molecule has 3 aromatic carbocycles. The van der Waals surface area contributed by atoms with E-state index in [-0.39, 0.29) is 22.5 Å². The van der Waals surface area contributed by atoms with E-state index in [0.717, 1.165) is 18.5 Å². The Bertz CT molecular complexity index is 1850. The van der Waals surface area contributed by atoms with Gasteiger partial charge in [-0.3, -0.25) is 23.9 Å². The lowest BCUT2D eigenvalue weighted by Crippen LogP contribution is -2.55. The van der Waals surface area contributed by atoms with Crippen molar-refractivity contribution in [1.82, 2.24) is 19.2 Å². The zero-order valence-electron chi connectivity index (χ0n) is 26.3. The Morgan fingerprint density at radius 3 is 2.36 bits per heavy atom. The lowest BCUT2D eigenvalue weighted by atomic mass is 9.98. The monoisotopic (exact) mass is 649 g/mol. The smallest absolute Gasteiger partial charge is 0.296 e. The number of carbonyl (C=O) groups excluding carboxylic acids is 1. The van der Waals surface area contributed by atoms with Crippen molar-refractivity contribution in [3.05, 3.63) is 111 Å². The highest BCUT2D eigenvalue weighted by Gasteiger charge is 2.33. The van der Waals surface area contributed by atoms with Gasteiger partial charge in [-0.2, -0.15) is 0 Å². The van der Waals surface area contributed by atoms with Crippen molar-refractivity contribution >= 4 is 33.2 Å². The molecule has 1 unspecified atom stereocenters. The summed E-state index contributed by atoms with van der Waals surface area (Å²) >= 11 is 6.07. The first-order valence-electron chi connectivity index (χ1n) is 15.1. The molecule has 2 heterocycles. The quantitative estimate of drug-likeness (QED) is 0.254. The van der Waals surface area contributed by atoms with Gasteiger partial charge in [-0.15, -0.1) is 0 Å². The van der Waals surface area contributed by atoms with Crippen molar-refractivity contribution in [3.63, 3.8) is 0 Å². The largest absolute Gasteiger partial charge is 0.333 e. The Hall–Kier alpha value is -3.86. The first kappa shape index (κ1) is 32.5. The topological polar surface area (TPSA) is 96.6 Å². The normalized spacial score (nSPS) is 15.9. The van der Waals surface area contributed by atoms with Gasteiger partial charge >= 0.3 is 0 Å². The molecular formula is C34H40ClN5O4S. The number of halogens is 1. The van der Waals surface area contributed by atoms with Gasteiger partial charge in [-0.1, -0.05) is 61.8 Å². The van der Waals surface area contributed by atoms with Crippen LogP contribution in [-0.4, -0.2) is 59.2 Å². The van der Waals surface area contributed by atoms with Crippen molar-refractivity contribution < 1.29 is 13.2 Å². The van der Waals surface area contributed by atoms with E-state index in [0.29, 0.717) is 53.1 Å². The average Bonchev–Trinajstić information content (AvgIpc) is 3.21. The maximum absolute atomic E-state index is 14.1. The van der Waals surface area contributed by atoms with E-state index in [4.69, 9.17) is 11.6 Å². The molecule has 5 rings (SSSR count). The fourth-order valence-electron chi connectivity index (χ4n) is 5.96. The molecule has 1 aromatic heterocycles. The minimum Gasteiger partial charge on any atom is -0.333 e. The number of para-hydroxylation sites is 1. The van der Waals surface area contributed by atoms with Crippen LogP contribution in [0.15, 0.2) is 82.5 Å². The number of aromatic nitrogens is 2. The van der Waals surface area contributed by atoms with Gasteiger partial charge in [0, 0.05) is 49.9 Å². The molecule has 1 atom stereocenters. The second-order valence-corrected chi connectivity index (χ2v) is 14.3. The lowest BCUT2D eigenvalue weighted by Gasteiger charge is -2.42. The molecule has 0 radical (unpaired) electrons. The molecule has 0 aliphatic carbocycles. The number of aryl methyl sites for hydroxylation is 1. The first-order valence-corrected chi connectivity index (χ1v) is 17.0. The predicted octanol–water partition coefficient (Wildman–Crippen LogP) is 5.62. The van der Waals surface area contributed by atoms with E-state index in [2.05, 4.69) is 23.5 Å². The van der Waals surface area contributed by atoms with Crippen LogP contribution in [0.3, 0.4) is 0 Å². The maximum Gasteiger partial charge on any atom is 0.296 e. The van der Waals surface area contributed by atoms with Gasteiger partial charge in [0.05, 0.1) is 16.3 Å². The summed E-state index contributed by atoms with van der Waals surface area (Å²) in [4.78, 5) is 31.6. The van der Waals surface area contributed by atoms with Crippen LogP contribution in [0.2, 0.25) is 5.02 Å². The average molecular weight is 650 g/mol. The number of anilines is 1. The van der Waals surface area contributed by atoms with Crippen LogP contribution in [0.5, 0.6) is 0 Å². The van der Waals surface area contributed by atoms with Crippen LogP contribution >= 0.6 is 11.6 Å². The molecule has 9 nitrogen and oxygen atoms in total. The van der Waals surface area contributed by atoms with E-state index in [9.17, 15) is 18.0 Å². The van der Waals surface area contributed by atoms with E-state index >= 15 is 0 Å². The van der Waals surface area contributed by atoms with Crippen molar-refractivity contribution in [1.29, 1.82) is 0 Å². The highest BCUT2D eigenvalue weighted by molar-refractivity contribution is 7.92. The van der Waals surface area contributed by atoms with Crippen molar-refractivity contribution in [2.45, 2.75) is 51.6 Å². The highest BCUT2D eigenvalue weighted by Crippen LogP contribution is 2.26. The van der Waals surface area contributed by atoms with Crippen LogP contribution in [0.4, 0.5) is 5.69 Å². The Kier molecular flexibility index (Phi) is 9.57. The number of nitrogens with zero attached hydrogens (tertiary/aromatic N) is 4. The van der Waals surface area contributed by atoms with Gasteiger partial charge in [0.2, 0.25) is 0 Å². The number of amides is 1. The van der Waals surface area contributed by atoms with Crippen LogP contribution in [-0.2, 0) is 23.6 Å². The molecule has 1 amide bonds. The summed E-state index contributed by atoms with van der Waals surface area (Å²) in [5, 5.41) is 0.699. The van der Waals surface area contributed by atoms with E-state index in [1.165, 1.54) is 16.8 Å². The van der Waals surface area contributed by atoms with Gasteiger partial charge in [0.25, 0.3) is 21.5 Å². The molecule has 1 saturated heterocycles. The molecule has 238 valence electrons. The van der Waals surface area contributed by atoms with Gasteiger partial charge in [0.1, 0.15) is 5.69 Å². The number of piperazine rings is 1. The number of benzene rings is 3. The molecule has 0 saturated carbocycles. The summed E-state index contributed by atoms with van der Waals surface area (Å²) in [6.07, 6.45) is 0.822. The number of hydrogen-bond acceptors (Lipinski definition) is 5.